The van der Waals surface area contributed by atoms with E-state index in [9.17, 15) is 4.79 Å². The molecule has 0 bridgehead atoms. The van der Waals surface area contributed by atoms with Gasteiger partial charge in [0.1, 0.15) is 5.75 Å². The highest BCUT2D eigenvalue weighted by atomic mass is 16.5. The summed E-state index contributed by atoms with van der Waals surface area (Å²) in [7, 11) is 1.59. The van der Waals surface area contributed by atoms with Crippen LogP contribution in [-0.2, 0) is 0 Å². The normalized spacial score (nSPS) is 17.0. The zero-order valence-corrected chi connectivity index (χ0v) is 16.4. The van der Waals surface area contributed by atoms with Crippen molar-refractivity contribution < 1.29 is 14.1 Å². The van der Waals surface area contributed by atoms with Gasteiger partial charge in [-0.1, -0.05) is 17.3 Å². The molecule has 0 radical (unpaired) electrons. The molecular formula is C21H24N4O3. The number of aromatic amines is 1. The Morgan fingerprint density at radius 2 is 2.11 bits per heavy atom. The van der Waals surface area contributed by atoms with Crippen molar-refractivity contribution in [2.75, 3.05) is 13.7 Å². The van der Waals surface area contributed by atoms with Crippen LogP contribution in [0.3, 0.4) is 0 Å². The molecule has 1 saturated heterocycles. The zero-order valence-electron chi connectivity index (χ0n) is 16.4. The molecule has 1 N–H and O–H groups in total. The van der Waals surface area contributed by atoms with Gasteiger partial charge < -0.3 is 14.2 Å². The molecule has 3 heterocycles. The number of para-hydroxylation sites is 1. The lowest BCUT2D eigenvalue weighted by Crippen LogP contribution is -2.39. The monoisotopic (exact) mass is 380 g/mol. The van der Waals surface area contributed by atoms with Gasteiger partial charge in [0.2, 0.25) is 0 Å². The number of ether oxygens (including phenoxy) is 1. The van der Waals surface area contributed by atoms with E-state index in [1.165, 1.54) is 0 Å². The fourth-order valence-corrected chi connectivity index (χ4v) is 3.85. The molecule has 1 atom stereocenters. The van der Waals surface area contributed by atoms with Crippen LogP contribution >= 0.6 is 0 Å². The maximum Gasteiger partial charge on any atom is 0.258 e. The van der Waals surface area contributed by atoms with Crippen LogP contribution in [0.15, 0.2) is 35.0 Å². The summed E-state index contributed by atoms with van der Waals surface area (Å²) in [5.41, 5.74) is 4.17. The minimum absolute atomic E-state index is 0.0341. The molecule has 3 aromatic rings. The number of nitrogens with zero attached hydrogens (tertiary/aromatic N) is 3. The maximum atomic E-state index is 13.4. The third kappa shape index (κ3) is 3.06. The van der Waals surface area contributed by atoms with Crippen LogP contribution in [0.5, 0.6) is 5.75 Å². The number of carbonyl (C=O) groups excluding carboxylic acids is 1. The Balaban J connectivity index is 1.72. The van der Waals surface area contributed by atoms with Crippen molar-refractivity contribution in [3.8, 4) is 17.1 Å². The first-order valence-corrected chi connectivity index (χ1v) is 9.52. The minimum atomic E-state index is -0.103. The molecule has 1 unspecified atom stereocenters. The average Bonchev–Trinajstić information content (AvgIpc) is 3.34. The van der Waals surface area contributed by atoms with Gasteiger partial charge in [0, 0.05) is 12.1 Å². The topological polar surface area (TPSA) is 84.2 Å². The Bertz CT molecular complexity index is 991. The fraction of sp³-hybridized carbons (Fsp3) is 0.381. The highest BCUT2D eigenvalue weighted by molar-refractivity contribution is 5.97. The molecular weight excluding hydrogens is 356 g/mol. The van der Waals surface area contributed by atoms with Crippen LogP contribution in [0.25, 0.3) is 11.3 Å². The number of methoxy groups -OCH3 is 1. The van der Waals surface area contributed by atoms with Crippen LogP contribution in [0.2, 0.25) is 0 Å². The number of aryl methyl sites for hydroxylation is 1. The number of aromatic nitrogens is 3. The Kier molecular flexibility index (Phi) is 4.90. The molecule has 28 heavy (non-hydrogen) atoms. The smallest absolute Gasteiger partial charge is 0.258 e. The summed E-state index contributed by atoms with van der Waals surface area (Å²) < 4.78 is 11.0. The van der Waals surface area contributed by atoms with E-state index in [1.807, 2.05) is 43.0 Å². The van der Waals surface area contributed by atoms with Gasteiger partial charge in [0.15, 0.2) is 5.76 Å². The van der Waals surface area contributed by atoms with Gasteiger partial charge >= 0.3 is 0 Å². The zero-order chi connectivity index (χ0) is 19.7. The van der Waals surface area contributed by atoms with Gasteiger partial charge in [-0.05, 0) is 45.2 Å². The van der Waals surface area contributed by atoms with E-state index in [0.717, 1.165) is 41.8 Å². The van der Waals surface area contributed by atoms with Crippen LogP contribution < -0.4 is 4.74 Å². The predicted molar refractivity (Wildman–Crippen MR) is 104 cm³/mol. The lowest BCUT2D eigenvalue weighted by Gasteiger charge is -2.35. The Hall–Kier alpha value is -3.09. The summed E-state index contributed by atoms with van der Waals surface area (Å²) >= 11 is 0. The summed E-state index contributed by atoms with van der Waals surface area (Å²) in [4.78, 5) is 15.3. The van der Waals surface area contributed by atoms with E-state index in [1.54, 1.807) is 13.3 Å². The SMILES string of the molecule is COc1ccccc1C(=O)N1CCCCC1c1[nH]ncc1-c1onc(C)c1C. The van der Waals surface area contributed by atoms with E-state index in [-0.39, 0.29) is 11.9 Å². The summed E-state index contributed by atoms with van der Waals surface area (Å²) in [6.07, 6.45) is 4.64. The van der Waals surface area contributed by atoms with Gasteiger partial charge in [-0.2, -0.15) is 5.10 Å². The quantitative estimate of drug-likeness (QED) is 0.738. The van der Waals surface area contributed by atoms with Crippen molar-refractivity contribution in [1.29, 1.82) is 0 Å². The number of nitrogens with one attached hydrogen (secondary N) is 1. The van der Waals surface area contributed by atoms with E-state index < -0.39 is 0 Å². The molecule has 4 rings (SSSR count). The second-order valence-electron chi connectivity index (χ2n) is 7.13. The van der Waals surface area contributed by atoms with Gasteiger partial charge in [0.25, 0.3) is 5.91 Å². The lowest BCUT2D eigenvalue weighted by atomic mass is 9.94. The molecule has 0 aliphatic carbocycles. The van der Waals surface area contributed by atoms with Crippen LogP contribution in [0, 0.1) is 13.8 Å². The van der Waals surface area contributed by atoms with Gasteiger partial charge in [-0.15, -0.1) is 0 Å². The van der Waals surface area contributed by atoms with Crippen LogP contribution in [0.4, 0.5) is 0 Å². The maximum absolute atomic E-state index is 13.4. The second kappa shape index (κ2) is 7.50. The number of rotatable bonds is 4. The van der Waals surface area contributed by atoms with Crippen LogP contribution in [-0.4, -0.2) is 39.8 Å². The van der Waals surface area contributed by atoms with Crippen molar-refractivity contribution in [2.24, 2.45) is 0 Å². The largest absolute Gasteiger partial charge is 0.496 e. The fourth-order valence-electron chi connectivity index (χ4n) is 3.85. The van der Waals surface area contributed by atoms with E-state index in [2.05, 4.69) is 15.4 Å². The molecule has 7 heteroatoms. The first-order valence-electron chi connectivity index (χ1n) is 9.52. The molecule has 146 valence electrons. The summed E-state index contributed by atoms with van der Waals surface area (Å²) in [5, 5.41) is 11.4. The molecule has 1 aliphatic heterocycles. The first kappa shape index (κ1) is 18.3. The molecule has 0 saturated carbocycles. The third-order valence-corrected chi connectivity index (χ3v) is 5.50. The standard InChI is InChI=1S/C21H24N4O3/c1-13-14(2)24-28-20(13)16-12-22-23-19(16)17-9-6-7-11-25(17)21(26)15-8-4-5-10-18(15)27-3/h4-5,8,10,12,17H,6-7,9,11H2,1-3H3,(H,22,23). The number of H-pyrrole nitrogens is 1. The molecule has 1 aromatic carbocycles. The number of hydrogen-bond acceptors (Lipinski definition) is 5. The lowest BCUT2D eigenvalue weighted by molar-refractivity contribution is 0.0603. The molecule has 7 nitrogen and oxygen atoms in total. The number of piperidine rings is 1. The van der Waals surface area contributed by atoms with Crippen molar-refractivity contribution in [1.82, 2.24) is 20.3 Å². The molecule has 2 aromatic heterocycles. The highest BCUT2D eigenvalue weighted by Crippen LogP contribution is 2.38. The number of carbonyl (C=O) groups is 1. The van der Waals surface area contributed by atoms with Gasteiger partial charge in [0.05, 0.1) is 41.9 Å². The third-order valence-electron chi connectivity index (χ3n) is 5.50. The summed E-state index contributed by atoms with van der Waals surface area (Å²) in [6, 6.07) is 7.25. The van der Waals surface area contributed by atoms with E-state index in [0.29, 0.717) is 23.6 Å². The molecule has 1 aliphatic rings. The summed E-state index contributed by atoms with van der Waals surface area (Å²) in [6.45, 7) is 4.59. The summed E-state index contributed by atoms with van der Waals surface area (Å²) in [5.74, 6) is 1.26. The molecule has 1 fully saturated rings. The van der Waals surface area contributed by atoms with Crippen molar-refractivity contribution in [2.45, 2.75) is 39.2 Å². The number of hydrogen-bond donors (Lipinski definition) is 1. The first-order chi connectivity index (χ1) is 13.6. The van der Waals surface area contributed by atoms with Crippen molar-refractivity contribution in [3.63, 3.8) is 0 Å². The van der Waals surface area contributed by atoms with E-state index >= 15 is 0 Å². The molecule has 0 spiro atoms. The van der Waals surface area contributed by atoms with Crippen LogP contribution in [0.1, 0.15) is 52.6 Å². The Morgan fingerprint density at radius 3 is 2.86 bits per heavy atom. The minimum Gasteiger partial charge on any atom is -0.496 e. The Labute approximate surface area is 163 Å². The van der Waals surface area contributed by atoms with E-state index in [4.69, 9.17) is 9.26 Å². The number of likely N-dealkylation sites (tertiary alicyclic amines) is 1. The van der Waals surface area contributed by atoms with Gasteiger partial charge in [-0.3, -0.25) is 9.89 Å². The van der Waals surface area contributed by atoms with Crippen molar-refractivity contribution >= 4 is 5.91 Å². The van der Waals surface area contributed by atoms with Crippen molar-refractivity contribution in [3.05, 3.63) is 53.0 Å². The predicted octanol–water partition coefficient (Wildman–Crippen LogP) is 4.06. The Morgan fingerprint density at radius 1 is 1.29 bits per heavy atom. The molecule has 1 amide bonds. The average molecular weight is 380 g/mol. The number of amides is 1. The van der Waals surface area contributed by atoms with Gasteiger partial charge in [-0.25, -0.2) is 0 Å². The second-order valence-corrected chi connectivity index (χ2v) is 7.13. The number of benzene rings is 1. The highest BCUT2D eigenvalue weighted by Gasteiger charge is 2.33.